The number of hydrogen-bond acceptors (Lipinski definition) is 4. The summed E-state index contributed by atoms with van der Waals surface area (Å²) in [6.07, 6.45) is 0. The van der Waals surface area contributed by atoms with Crippen molar-refractivity contribution in [1.82, 2.24) is 0 Å². The lowest BCUT2D eigenvalue weighted by Crippen LogP contribution is -2.31. The molecule has 0 heterocycles. The van der Waals surface area contributed by atoms with Crippen LogP contribution in [0.4, 0.5) is 0 Å². The summed E-state index contributed by atoms with van der Waals surface area (Å²) in [5, 5.41) is 18.2. The Morgan fingerprint density at radius 3 is 2.18 bits per heavy atom. The van der Waals surface area contributed by atoms with Crippen LogP contribution in [0.15, 0.2) is 24.3 Å². The minimum Gasteiger partial charge on any atom is -0.497 e. The summed E-state index contributed by atoms with van der Waals surface area (Å²) in [7, 11) is 1.62. The molecule has 0 aliphatic heterocycles. The molecule has 0 spiro atoms. The second-order valence-electron chi connectivity index (χ2n) is 4.47. The van der Waals surface area contributed by atoms with E-state index in [1.807, 2.05) is 24.3 Å². The lowest BCUT2D eigenvalue weighted by Gasteiger charge is -2.24. The van der Waals surface area contributed by atoms with Gasteiger partial charge in [0.05, 0.1) is 33.5 Å². The number of aliphatic hydroxyl groups excluding tert-OH is 2. The molecule has 1 aromatic carbocycles. The molecule has 1 rings (SSSR count). The van der Waals surface area contributed by atoms with Crippen molar-refractivity contribution in [2.45, 2.75) is 13.5 Å². The number of aliphatic hydroxyl groups is 2. The van der Waals surface area contributed by atoms with E-state index in [0.29, 0.717) is 13.2 Å². The Hall–Kier alpha value is -1.10. The van der Waals surface area contributed by atoms with Crippen molar-refractivity contribution in [2.24, 2.45) is 5.41 Å². The molecule has 0 radical (unpaired) electrons. The van der Waals surface area contributed by atoms with Gasteiger partial charge in [-0.05, 0) is 17.7 Å². The maximum atomic E-state index is 9.09. The second kappa shape index (κ2) is 6.59. The molecule has 0 saturated heterocycles. The highest BCUT2D eigenvalue weighted by Crippen LogP contribution is 2.16. The molecule has 0 aromatic heterocycles. The first-order chi connectivity index (χ1) is 8.13. The molecule has 2 N–H and O–H groups in total. The molecule has 0 fully saturated rings. The standard InChI is InChI=1S/C13H20O4/c1-13(8-14,9-15)10-17-7-11-3-5-12(16-2)6-4-11/h3-6,14-15H,7-10H2,1-2H3. The zero-order valence-electron chi connectivity index (χ0n) is 10.3. The van der Waals surface area contributed by atoms with Crippen molar-refractivity contribution in [1.29, 1.82) is 0 Å². The Kier molecular flexibility index (Phi) is 5.41. The van der Waals surface area contributed by atoms with Gasteiger partial charge in [0.15, 0.2) is 0 Å². The van der Waals surface area contributed by atoms with E-state index >= 15 is 0 Å². The Labute approximate surface area is 102 Å². The number of rotatable bonds is 7. The van der Waals surface area contributed by atoms with Gasteiger partial charge in [0.1, 0.15) is 5.75 Å². The van der Waals surface area contributed by atoms with Crippen molar-refractivity contribution < 1.29 is 19.7 Å². The average Bonchev–Trinajstić information content (AvgIpc) is 2.39. The van der Waals surface area contributed by atoms with Crippen molar-refractivity contribution in [2.75, 3.05) is 26.9 Å². The van der Waals surface area contributed by atoms with E-state index in [2.05, 4.69) is 0 Å². The van der Waals surface area contributed by atoms with Crippen LogP contribution in [0.25, 0.3) is 0 Å². The van der Waals surface area contributed by atoms with Crippen molar-refractivity contribution in [3.63, 3.8) is 0 Å². The summed E-state index contributed by atoms with van der Waals surface area (Å²) in [5.41, 5.74) is 0.455. The first kappa shape index (κ1) is 14.0. The quantitative estimate of drug-likeness (QED) is 0.752. The van der Waals surface area contributed by atoms with Gasteiger partial charge in [-0.2, -0.15) is 0 Å². The van der Waals surface area contributed by atoms with Crippen LogP contribution >= 0.6 is 0 Å². The van der Waals surface area contributed by atoms with Crippen LogP contribution in [0.2, 0.25) is 0 Å². The molecule has 0 unspecified atom stereocenters. The monoisotopic (exact) mass is 240 g/mol. The Morgan fingerprint density at radius 1 is 1.12 bits per heavy atom. The molecule has 0 atom stereocenters. The third-order valence-corrected chi connectivity index (χ3v) is 2.64. The van der Waals surface area contributed by atoms with Gasteiger partial charge in [-0.3, -0.25) is 0 Å². The maximum absolute atomic E-state index is 9.09. The highest BCUT2D eigenvalue weighted by Gasteiger charge is 2.22. The van der Waals surface area contributed by atoms with Gasteiger partial charge in [0.25, 0.3) is 0 Å². The fourth-order valence-corrected chi connectivity index (χ4v) is 1.28. The molecule has 0 aliphatic carbocycles. The molecule has 0 amide bonds. The minimum absolute atomic E-state index is 0.0912. The predicted octanol–water partition coefficient (Wildman–Crippen LogP) is 1.20. The van der Waals surface area contributed by atoms with E-state index in [9.17, 15) is 0 Å². The van der Waals surface area contributed by atoms with E-state index in [1.54, 1.807) is 14.0 Å². The largest absolute Gasteiger partial charge is 0.497 e. The summed E-state index contributed by atoms with van der Waals surface area (Å²) in [6.45, 7) is 2.38. The van der Waals surface area contributed by atoms with E-state index < -0.39 is 5.41 Å². The molecule has 0 bridgehead atoms. The third kappa shape index (κ3) is 4.34. The van der Waals surface area contributed by atoms with Gasteiger partial charge in [-0.1, -0.05) is 19.1 Å². The first-order valence-corrected chi connectivity index (χ1v) is 5.56. The predicted molar refractivity (Wildman–Crippen MR) is 64.9 cm³/mol. The summed E-state index contributed by atoms with van der Waals surface area (Å²) in [5.74, 6) is 0.810. The van der Waals surface area contributed by atoms with Crippen LogP contribution in [0, 0.1) is 5.41 Å². The van der Waals surface area contributed by atoms with Crippen LogP contribution in [-0.2, 0) is 11.3 Å². The van der Waals surface area contributed by atoms with Crippen molar-refractivity contribution in [3.8, 4) is 5.75 Å². The van der Waals surface area contributed by atoms with Crippen LogP contribution in [0.1, 0.15) is 12.5 Å². The zero-order chi connectivity index (χ0) is 12.7. The van der Waals surface area contributed by atoms with Gasteiger partial charge in [-0.25, -0.2) is 0 Å². The SMILES string of the molecule is COc1ccc(COCC(C)(CO)CO)cc1. The minimum atomic E-state index is -0.577. The number of methoxy groups -OCH3 is 1. The molecule has 0 saturated carbocycles. The van der Waals surface area contributed by atoms with Crippen LogP contribution < -0.4 is 4.74 Å². The van der Waals surface area contributed by atoms with Crippen LogP contribution in [-0.4, -0.2) is 37.1 Å². The van der Waals surface area contributed by atoms with Crippen molar-refractivity contribution >= 4 is 0 Å². The first-order valence-electron chi connectivity index (χ1n) is 5.56. The van der Waals surface area contributed by atoms with Gasteiger partial charge in [0, 0.05) is 5.41 Å². The lowest BCUT2D eigenvalue weighted by atomic mass is 9.94. The smallest absolute Gasteiger partial charge is 0.118 e. The average molecular weight is 240 g/mol. The molecular formula is C13H20O4. The van der Waals surface area contributed by atoms with Crippen LogP contribution in [0.3, 0.4) is 0 Å². The number of benzene rings is 1. The molecule has 1 aromatic rings. The number of ether oxygens (including phenoxy) is 2. The van der Waals surface area contributed by atoms with E-state index in [-0.39, 0.29) is 13.2 Å². The Morgan fingerprint density at radius 2 is 1.71 bits per heavy atom. The van der Waals surface area contributed by atoms with Gasteiger partial charge in [-0.15, -0.1) is 0 Å². The topological polar surface area (TPSA) is 58.9 Å². The number of hydrogen-bond donors (Lipinski definition) is 2. The lowest BCUT2D eigenvalue weighted by molar-refractivity contribution is -0.0220. The molecule has 96 valence electrons. The third-order valence-electron chi connectivity index (χ3n) is 2.64. The van der Waals surface area contributed by atoms with Gasteiger partial charge >= 0.3 is 0 Å². The Bertz CT molecular complexity index is 317. The second-order valence-corrected chi connectivity index (χ2v) is 4.47. The fourth-order valence-electron chi connectivity index (χ4n) is 1.28. The maximum Gasteiger partial charge on any atom is 0.118 e. The van der Waals surface area contributed by atoms with E-state index in [0.717, 1.165) is 11.3 Å². The van der Waals surface area contributed by atoms with Crippen molar-refractivity contribution in [3.05, 3.63) is 29.8 Å². The molecule has 0 aliphatic rings. The zero-order valence-corrected chi connectivity index (χ0v) is 10.3. The summed E-state index contributed by atoms with van der Waals surface area (Å²) < 4.78 is 10.5. The fraction of sp³-hybridized carbons (Fsp3) is 0.538. The van der Waals surface area contributed by atoms with Gasteiger partial charge in [0.2, 0.25) is 0 Å². The highest BCUT2D eigenvalue weighted by atomic mass is 16.5. The molecule has 4 nitrogen and oxygen atoms in total. The van der Waals surface area contributed by atoms with Crippen LogP contribution in [0.5, 0.6) is 5.75 Å². The normalized spacial score (nSPS) is 11.5. The molecule has 17 heavy (non-hydrogen) atoms. The Balaban J connectivity index is 2.40. The summed E-state index contributed by atoms with van der Waals surface area (Å²) >= 11 is 0. The summed E-state index contributed by atoms with van der Waals surface area (Å²) in [4.78, 5) is 0. The van der Waals surface area contributed by atoms with E-state index in [4.69, 9.17) is 19.7 Å². The van der Waals surface area contributed by atoms with Gasteiger partial charge < -0.3 is 19.7 Å². The summed E-state index contributed by atoms with van der Waals surface area (Å²) in [6, 6.07) is 7.59. The highest BCUT2D eigenvalue weighted by molar-refractivity contribution is 5.26. The van der Waals surface area contributed by atoms with E-state index in [1.165, 1.54) is 0 Å². The molecule has 4 heteroatoms. The molecular weight excluding hydrogens is 220 g/mol.